The Morgan fingerprint density at radius 1 is 0.967 bits per heavy atom. The number of hydrogen-bond donors (Lipinski definition) is 1. The van der Waals surface area contributed by atoms with Gasteiger partial charge in [0.25, 0.3) is 5.91 Å². The molecular weight excluding hydrogens is 378 g/mol. The summed E-state index contributed by atoms with van der Waals surface area (Å²) in [5.41, 5.74) is 0.457. The zero-order valence-electron chi connectivity index (χ0n) is 17.0. The van der Waals surface area contributed by atoms with Crippen LogP contribution in [0.1, 0.15) is 18.1 Å². The fraction of sp³-hybridized carbons (Fsp3) is 0.208. The topological polar surface area (TPSA) is 69.7 Å². The molecule has 4 rings (SSSR count). The Hall–Kier alpha value is -3.67. The molecule has 1 unspecified atom stereocenters. The van der Waals surface area contributed by atoms with Crippen LogP contribution in [-0.4, -0.2) is 41.2 Å². The van der Waals surface area contributed by atoms with Crippen molar-refractivity contribution in [3.8, 4) is 0 Å². The van der Waals surface area contributed by atoms with Crippen LogP contribution in [0, 0.1) is 0 Å². The molecule has 1 atom stereocenters. The van der Waals surface area contributed by atoms with Crippen molar-refractivity contribution >= 4 is 28.6 Å². The molecule has 0 aliphatic carbocycles. The van der Waals surface area contributed by atoms with Crippen LogP contribution in [0.5, 0.6) is 0 Å². The molecule has 0 aromatic heterocycles. The van der Waals surface area contributed by atoms with Crippen LogP contribution in [-0.2, 0) is 21.7 Å². The molecule has 1 aliphatic heterocycles. The lowest BCUT2D eigenvalue weighted by molar-refractivity contribution is -0.138. The SMILES string of the molecule is CN(Cc1ccccc1)C(=O)CN1C(=O)NC(C)(c2ccc3ccccc3c2)C1=O. The van der Waals surface area contributed by atoms with Gasteiger partial charge in [-0.25, -0.2) is 4.79 Å². The summed E-state index contributed by atoms with van der Waals surface area (Å²) < 4.78 is 0. The molecule has 0 spiro atoms. The van der Waals surface area contributed by atoms with E-state index in [2.05, 4.69) is 5.32 Å². The predicted molar refractivity (Wildman–Crippen MR) is 114 cm³/mol. The number of imide groups is 1. The van der Waals surface area contributed by atoms with E-state index in [1.807, 2.05) is 72.8 Å². The maximum absolute atomic E-state index is 13.2. The highest BCUT2D eigenvalue weighted by Crippen LogP contribution is 2.31. The minimum absolute atomic E-state index is 0.294. The quantitative estimate of drug-likeness (QED) is 0.667. The first kappa shape index (κ1) is 19.6. The Morgan fingerprint density at radius 3 is 2.37 bits per heavy atom. The normalized spacial score (nSPS) is 18.5. The monoisotopic (exact) mass is 401 g/mol. The number of hydrogen-bond acceptors (Lipinski definition) is 3. The molecule has 0 radical (unpaired) electrons. The van der Waals surface area contributed by atoms with Gasteiger partial charge in [0.15, 0.2) is 0 Å². The summed E-state index contributed by atoms with van der Waals surface area (Å²) in [5, 5.41) is 4.81. The number of rotatable bonds is 5. The average Bonchev–Trinajstić information content (AvgIpc) is 2.98. The van der Waals surface area contributed by atoms with E-state index >= 15 is 0 Å². The van der Waals surface area contributed by atoms with Gasteiger partial charge in [-0.15, -0.1) is 0 Å². The van der Waals surface area contributed by atoms with Crippen LogP contribution in [0.4, 0.5) is 4.79 Å². The van der Waals surface area contributed by atoms with Crippen molar-refractivity contribution in [1.29, 1.82) is 0 Å². The zero-order valence-corrected chi connectivity index (χ0v) is 17.0. The number of carbonyl (C=O) groups excluding carboxylic acids is 3. The summed E-state index contributed by atoms with van der Waals surface area (Å²) in [6.45, 7) is 1.79. The second kappa shape index (κ2) is 7.63. The van der Waals surface area contributed by atoms with Crippen molar-refractivity contribution < 1.29 is 14.4 Å². The predicted octanol–water partition coefficient (Wildman–Crippen LogP) is 3.27. The number of urea groups is 1. The fourth-order valence-electron chi connectivity index (χ4n) is 3.74. The van der Waals surface area contributed by atoms with E-state index in [4.69, 9.17) is 0 Å². The van der Waals surface area contributed by atoms with Crippen molar-refractivity contribution in [1.82, 2.24) is 15.1 Å². The van der Waals surface area contributed by atoms with E-state index in [1.165, 1.54) is 4.90 Å². The Balaban J connectivity index is 1.52. The lowest BCUT2D eigenvalue weighted by Crippen LogP contribution is -2.43. The molecule has 6 heteroatoms. The zero-order chi connectivity index (χ0) is 21.3. The summed E-state index contributed by atoms with van der Waals surface area (Å²) in [5.74, 6) is -0.727. The highest BCUT2D eigenvalue weighted by atomic mass is 16.2. The lowest BCUT2D eigenvalue weighted by Gasteiger charge is -2.23. The van der Waals surface area contributed by atoms with Gasteiger partial charge in [-0.2, -0.15) is 0 Å². The van der Waals surface area contributed by atoms with Crippen LogP contribution < -0.4 is 5.32 Å². The molecule has 3 aromatic carbocycles. The molecule has 3 aromatic rings. The number of amides is 4. The maximum atomic E-state index is 13.2. The second-order valence-electron chi connectivity index (χ2n) is 7.74. The van der Waals surface area contributed by atoms with E-state index < -0.39 is 17.5 Å². The maximum Gasteiger partial charge on any atom is 0.325 e. The number of carbonyl (C=O) groups is 3. The minimum atomic E-state index is -1.21. The fourth-order valence-corrected chi connectivity index (χ4v) is 3.74. The first-order valence-electron chi connectivity index (χ1n) is 9.80. The Kier molecular flexibility index (Phi) is 4.99. The summed E-state index contributed by atoms with van der Waals surface area (Å²) in [7, 11) is 1.66. The van der Waals surface area contributed by atoms with Crippen molar-refractivity contribution in [2.45, 2.75) is 19.0 Å². The van der Waals surface area contributed by atoms with E-state index in [0.717, 1.165) is 21.2 Å². The molecular formula is C24H23N3O3. The van der Waals surface area contributed by atoms with Crippen molar-refractivity contribution in [3.63, 3.8) is 0 Å². The molecule has 1 saturated heterocycles. The standard InChI is InChI=1S/C24H23N3O3/c1-24(20-13-12-18-10-6-7-11-19(18)14-20)22(29)27(23(30)25-24)16-21(28)26(2)15-17-8-4-3-5-9-17/h3-14H,15-16H2,1-2H3,(H,25,30). The van der Waals surface area contributed by atoms with Crippen molar-refractivity contribution in [3.05, 3.63) is 83.9 Å². The van der Waals surface area contributed by atoms with Crippen molar-refractivity contribution in [2.75, 3.05) is 13.6 Å². The van der Waals surface area contributed by atoms with Gasteiger partial charge in [-0.05, 0) is 34.9 Å². The summed E-state index contributed by atoms with van der Waals surface area (Å²) in [6.07, 6.45) is 0. The van der Waals surface area contributed by atoms with Gasteiger partial charge in [0.05, 0.1) is 0 Å². The molecule has 0 saturated carbocycles. The molecule has 1 N–H and O–H groups in total. The molecule has 1 fully saturated rings. The Bertz CT molecular complexity index is 1130. The van der Waals surface area contributed by atoms with E-state index in [-0.39, 0.29) is 12.5 Å². The summed E-state index contributed by atoms with van der Waals surface area (Å²) in [6, 6.07) is 22.5. The van der Waals surface area contributed by atoms with Gasteiger partial charge in [0.1, 0.15) is 12.1 Å². The van der Waals surface area contributed by atoms with Crippen LogP contribution in [0.3, 0.4) is 0 Å². The third-order valence-electron chi connectivity index (χ3n) is 5.58. The average molecular weight is 401 g/mol. The first-order valence-corrected chi connectivity index (χ1v) is 9.80. The van der Waals surface area contributed by atoms with Crippen LogP contribution >= 0.6 is 0 Å². The van der Waals surface area contributed by atoms with Gasteiger partial charge in [-0.3, -0.25) is 14.5 Å². The molecule has 1 heterocycles. The van der Waals surface area contributed by atoms with E-state index in [9.17, 15) is 14.4 Å². The number of likely N-dealkylation sites (N-methyl/N-ethyl adjacent to an activating group) is 1. The largest absolute Gasteiger partial charge is 0.340 e. The number of nitrogens with zero attached hydrogens (tertiary/aromatic N) is 2. The van der Waals surface area contributed by atoms with Gasteiger partial charge in [-0.1, -0.05) is 66.7 Å². The van der Waals surface area contributed by atoms with Crippen LogP contribution in [0.25, 0.3) is 10.8 Å². The van der Waals surface area contributed by atoms with Gasteiger partial charge in [0.2, 0.25) is 5.91 Å². The molecule has 1 aliphatic rings. The van der Waals surface area contributed by atoms with Crippen LogP contribution in [0.15, 0.2) is 72.8 Å². The lowest BCUT2D eigenvalue weighted by atomic mass is 9.90. The molecule has 0 bridgehead atoms. The molecule has 30 heavy (non-hydrogen) atoms. The Morgan fingerprint density at radius 2 is 1.63 bits per heavy atom. The third kappa shape index (κ3) is 3.52. The Labute approximate surface area is 175 Å². The third-order valence-corrected chi connectivity index (χ3v) is 5.58. The molecule has 6 nitrogen and oxygen atoms in total. The first-order chi connectivity index (χ1) is 14.4. The van der Waals surface area contributed by atoms with Gasteiger partial charge >= 0.3 is 6.03 Å². The highest BCUT2D eigenvalue weighted by Gasteiger charge is 2.49. The summed E-state index contributed by atoms with van der Waals surface area (Å²) >= 11 is 0. The number of benzene rings is 3. The minimum Gasteiger partial charge on any atom is -0.340 e. The number of fused-ring (bicyclic) bond motifs is 1. The van der Waals surface area contributed by atoms with Crippen molar-refractivity contribution in [2.24, 2.45) is 0 Å². The second-order valence-corrected chi connectivity index (χ2v) is 7.74. The molecule has 152 valence electrons. The van der Waals surface area contributed by atoms with E-state index in [0.29, 0.717) is 12.1 Å². The smallest absolute Gasteiger partial charge is 0.325 e. The molecule has 4 amide bonds. The highest BCUT2D eigenvalue weighted by molar-refractivity contribution is 6.09. The number of nitrogens with one attached hydrogen (secondary N) is 1. The van der Waals surface area contributed by atoms with E-state index in [1.54, 1.807) is 14.0 Å². The van der Waals surface area contributed by atoms with Gasteiger partial charge < -0.3 is 10.2 Å². The van der Waals surface area contributed by atoms with Gasteiger partial charge in [0, 0.05) is 13.6 Å². The van der Waals surface area contributed by atoms with Crippen LogP contribution in [0.2, 0.25) is 0 Å². The summed E-state index contributed by atoms with van der Waals surface area (Å²) in [4.78, 5) is 40.9.